The maximum Gasteiger partial charge on any atom is 0.104 e. The fourth-order valence-corrected chi connectivity index (χ4v) is 1.90. The van der Waals surface area contributed by atoms with Crippen molar-refractivity contribution in [2.75, 3.05) is 13.6 Å². The van der Waals surface area contributed by atoms with Gasteiger partial charge in [-0.2, -0.15) is 0 Å². The first kappa shape index (κ1) is 12.1. The van der Waals surface area contributed by atoms with Crippen LogP contribution in [-0.2, 0) is 6.42 Å². The van der Waals surface area contributed by atoms with Gasteiger partial charge in [0.15, 0.2) is 0 Å². The molecule has 0 aliphatic heterocycles. The van der Waals surface area contributed by atoms with Crippen LogP contribution in [0.15, 0.2) is 18.2 Å². The minimum Gasteiger partial charge on any atom is -0.342 e. The van der Waals surface area contributed by atoms with Crippen molar-refractivity contribution in [2.45, 2.75) is 33.2 Å². The summed E-state index contributed by atoms with van der Waals surface area (Å²) >= 11 is 0. The van der Waals surface area contributed by atoms with Gasteiger partial charge in [-0.3, -0.25) is 0 Å². The van der Waals surface area contributed by atoms with Crippen molar-refractivity contribution >= 4 is 11.0 Å². The van der Waals surface area contributed by atoms with Crippen LogP contribution in [0, 0.1) is 6.92 Å². The lowest BCUT2D eigenvalue weighted by molar-refractivity contribution is 0.277. The summed E-state index contributed by atoms with van der Waals surface area (Å²) in [5.74, 6) is 0.983. The first-order chi connectivity index (χ1) is 8.06. The van der Waals surface area contributed by atoms with Gasteiger partial charge in [0.25, 0.3) is 0 Å². The first-order valence-corrected chi connectivity index (χ1v) is 6.22. The highest BCUT2D eigenvalue weighted by Gasteiger charge is 2.05. The summed E-state index contributed by atoms with van der Waals surface area (Å²) in [6.45, 7) is 7.53. The van der Waals surface area contributed by atoms with Gasteiger partial charge in [-0.05, 0) is 51.9 Å². The second kappa shape index (κ2) is 4.88. The molecule has 0 fully saturated rings. The molecular weight excluding hydrogens is 210 g/mol. The molecule has 2 aromatic rings. The summed E-state index contributed by atoms with van der Waals surface area (Å²) in [6, 6.07) is 7.09. The van der Waals surface area contributed by atoms with E-state index in [-0.39, 0.29) is 0 Å². The molecule has 0 spiro atoms. The van der Waals surface area contributed by atoms with Gasteiger partial charge >= 0.3 is 0 Å². The van der Waals surface area contributed by atoms with Crippen molar-refractivity contribution in [3.63, 3.8) is 0 Å². The molecule has 92 valence electrons. The fourth-order valence-electron chi connectivity index (χ4n) is 1.90. The van der Waals surface area contributed by atoms with Crippen LogP contribution in [0.1, 0.15) is 25.2 Å². The number of aromatic nitrogens is 2. The van der Waals surface area contributed by atoms with Crippen molar-refractivity contribution < 1.29 is 0 Å². The number of H-pyrrole nitrogens is 1. The number of nitrogens with one attached hydrogen (secondary N) is 1. The van der Waals surface area contributed by atoms with E-state index < -0.39 is 0 Å². The Morgan fingerprint density at radius 1 is 1.35 bits per heavy atom. The molecule has 0 aliphatic carbocycles. The third-order valence-corrected chi connectivity index (χ3v) is 3.30. The van der Waals surface area contributed by atoms with E-state index in [1.807, 2.05) is 6.92 Å². The van der Waals surface area contributed by atoms with Crippen LogP contribution < -0.4 is 0 Å². The zero-order valence-corrected chi connectivity index (χ0v) is 11.1. The smallest absolute Gasteiger partial charge is 0.104 e. The standard InChI is InChI=1S/C14H21N3/c1-10(2)17(4)8-7-12-5-6-13-14(9-12)16-11(3)15-13/h5-6,9-10H,7-8H2,1-4H3,(H,15,16). The summed E-state index contributed by atoms with van der Waals surface area (Å²) < 4.78 is 0. The van der Waals surface area contributed by atoms with E-state index in [0.29, 0.717) is 6.04 Å². The summed E-state index contributed by atoms with van der Waals surface area (Å²) in [5, 5.41) is 0. The molecule has 2 rings (SSSR count). The Kier molecular flexibility index (Phi) is 3.48. The van der Waals surface area contributed by atoms with Gasteiger partial charge in [0, 0.05) is 12.6 Å². The van der Waals surface area contributed by atoms with Gasteiger partial charge in [0.2, 0.25) is 0 Å². The normalized spacial score (nSPS) is 11.9. The summed E-state index contributed by atoms with van der Waals surface area (Å²) in [5.41, 5.74) is 3.57. The van der Waals surface area contributed by atoms with Crippen LogP contribution in [0.3, 0.4) is 0 Å². The summed E-state index contributed by atoms with van der Waals surface area (Å²) in [4.78, 5) is 10.1. The average Bonchev–Trinajstić information content (AvgIpc) is 2.64. The van der Waals surface area contributed by atoms with E-state index in [1.54, 1.807) is 0 Å². The maximum atomic E-state index is 4.41. The molecule has 0 saturated heterocycles. The Hall–Kier alpha value is -1.35. The van der Waals surface area contributed by atoms with Crippen molar-refractivity contribution in [1.29, 1.82) is 0 Å². The summed E-state index contributed by atoms with van der Waals surface area (Å²) in [7, 11) is 2.17. The third kappa shape index (κ3) is 2.86. The molecule has 0 bridgehead atoms. The molecule has 0 saturated carbocycles. The Bertz CT molecular complexity index is 499. The van der Waals surface area contributed by atoms with Crippen LogP contribution in [-0.4, -0.2) is 34.5 Å². The quantitative estimate of drug-likeness (QED) is 0.877. The van der Waals surface area contributed by atoms with Gasteiger partial charge in [0.05, 0.1) is 11.0 Å². The monoisotopic (exact) mass is 231 g/mol. The van der Waals surface area contributed by atoms with Crippen molar-refractivity contribution in [2.24, 2.45) is 0 Å². The van der Waals surface area contributed by atoms with Gasteiger partial charge in [-0.1, -0.05) is 6.07 Å². The van der Waals surface area contributed by atoms with Crippen molar-refractivity contribution in [3.05, 3.63) is 29.6 Å². The molecule has 1 aromatic heterocycles. The molecule has 0 atom stereocenters. The van der Waals surface area contributed by atoms with E-state index in [0.717, 1.165) is 29.8 Å². The van der Waals surface area contributed by atoms with Crippen LogP contribution in [0.4, 0.5) is 0 Å². The van der Waals surface area contributed by atoms with Crippen LogP contribution in [0.5, 0.6) is 0 Å². The molecule has 0 aliphatic rings. The highest BCUT2D eigenvalue weighted by molar-refractivity contribution is 5.75. The number of rotatable bonds is 4. The summed E-state index contributed by atoms with van der Waals surface area (Å²) in [6.07, 6.45) is 1.09. The molecule has 17 heavy (non-hydrogen) atoms. The van der Waals surface area contributed by atoms with Crippen molar-refractivity contribution in [3.8, 4) is 0 Å². The predicted octanol–water partition coefficient (Wildman–Crippen LogP) is 2.75. The molecule has 0 amide bonds. The Morgan fingerprint density at radius 2 is 2.12 bits per heavy atom. The molecule has 3 heteroatoms. The van der Waals surface area contributed by atoms with Gasteiger partial charge in [-0.15, -0.1) is 0 Å². The SMILES string of the molecule is Cc1nc2ccc(CCN(C)C(C)C)cc2[nH]1. The molecule has 0 unspecified atom stereocenters. The minimum atomic E-state index is 0.605. The third-order valence-electron chi connectivity index (χ3n) is 3.30. The van der Waals surface area contributed by atoms with Gasteiger partial charge < -0.3 is 9.88 Å². The van der Waals surface area contributed by atoms with E-state index >= 15 is 0 Å². The average molecular weight is 231 g/mol. The maximum absolute atomic E-state index is 4.41. The second-order valence-electron chi connectivity index (χ2n) is 5.00. The second-order valence-corrected chi connectivity index (χ2v) is 5.00. The predicted molar refractivity (Wildman–Crippen MR) is 72.3 cm³/mol. The topological polar surface area (TPSA) is 31.9 Å². The highest BCUT2D eigenvalue weighted by atomic mass is 15.1. The lowest BCUT2D eigenvalue weighted by atomic mass is 10.1. The van der Waals surface area contributed by atoms with E-state index in [4.69, 9.17) is 0 Å². The molecule has 0 radical (unpaired) electrons. The highest BCUT2D eigenvalue weighted by Crippen LogP contribution is 2.14. The number of fused-ring (bicyclic) bond motifs is 1. The molecule has 1 aromatic carbocycles. The molecular formula is C14H21N3. The number of benzene rings is 1. The molecule has 1 heterocycles. The minimum absolute atomic E-state index is 0.605. The largest absolute Gasteiger partial charge is 0.342 e. The lowest BCUT2D eigenvalue weighted by Gasteiger charge is -2.20. The number of aryl methyl sites for hydroxylation is 1. The number of aromatic amines is 1. The number of nitrogens with zero attached hydrogens (tertiary/aromatic N) is 2. The van der Waals surface area contributed by atoms with E-state index in [9.17, 15) is 0 Å². The number of hydrogen-bond acceptors (Lipinski definition) is 2. The molecule has 1 N–H and O–H groups in total. The zero-order valence-electron chi connectivity index (χ0n) is 11.1. The first-order valence-electron chi connectivity index (χ1n) is 6.22. The van der Waals surface area contributed by atoms with Crippen LogP contribution in [0.25, 0.3) is 11.0 Å². The zero-order chi connectivity index (χ0) is 12.4. The van der Waals surface area contributed by atoms with Gasteiger partial charge in [0.1, 0.15) is 5.82 Å². The number of imidazole rings is 1. The Labute approximate surface area is 103 Å². The lowest BCUT2D eigenvalue weighted by Crippen LogP contribution is -2.28. The van der Waals surface area contributed by atoms with E-state index in [2.05, 4.69) is 54.0 Å². The van der Waals surface area contributed by atoms with E-state index in [1.165, 1.54) is 5.56 Å². The number of likely N-dealkylation sites (N-methyl/N-ethyl adjacent to an activating group) is 1. The van der Waals surface area contributed by atoms with Gasteiger partial charge in [-0.25, -0.2) is 4.98 Å². The number of hydrogen-bond donors (Lipinski definition) is 1. The Balaban J connectivity index is 2.08. The Morgan fingerprint density at radius 3 is 2.82 bits per heavy atom. The fraction of sp³-hybridized carbons (Fsp3) is 0.500. The van der Waals surface area contributed by atoms with Crippen LogP contribution in [0.2, 0.25) is 0 Å². The van der Waals surface area contributed by atoms with Crippen LogP contribution >= 0.6 is 0 Å². The molecule has 3 nitrogen and oxygen atoms in total. The van der Waals surface area contributed by atoms with Crippen molar-refractivity contribution in [1.82, 2.24) is 14.9 Å².